The first-order valence-electron chi connectivity index (χ1n) is 6.47. The molecule has 0 saturated carbocycles. The number of nitrogens with one attached hydrogen (secondary N) is 1. The molecule has 100 valence electrons. The van der Waals surface area contributed by atoms with Crippen LogP contribution in [0.5, 0.6) is 0 Å². The van der Waals surface area contributed by atoms with Crippen LogP contribution in [0.3, 0.4) is 0 Å². The molecule has 0 fully saturated rings. The van der Waals surface area contributed by atoms with Crippen molar-refractivity contribution >= 4 is 11.8 Å². The van der Waals surface area contributed by atoms with Crippen LogP contribution in [0.15, 0.2) is 40.8 Å². The molecule has 18 heavy (non-hydrogen) atoms. The van der Waals surface area contributed by atoms with Gasteiger partial charge >= 0.3 is 0 Å². The van der Waals surface area contributed by atoms with Gasteiger partial charge in [0.25, 0.3) is 0 Å². The predicted molar refractivity (Wildman–Crippen MR) is 83.2 cm³/mol. The summed E-state index contributed by atoms with van der Waals surface area (Å²) in [7, 11) is 0. The largest absolute Gasteiger partial charge is 0.308 e. The zero-order valence-electron chi connectivity index (χ0n) is 12.2. The van der Waals surface area contributed by atoms with Gasteiger partial charge in [0, 0.05) is 22.7 Å². The minimum absolute atomic E-state index is 0.177. The second-order valence-corrected chi connectivity index (χ2v) is 6.93. The van der Waals surface area contributed by atoms with Gasteiger partial charge in [0.2, 0.25) is 0 Å². The summed E-state index contributed by atoms with van der Waals surface area (Å²) in [6.07, 6.45) is 2.26. The van der Waals surface area contributed by atoms with Crippen molar-refractivity contribution < 1.29 is 0 Å². The maximum absolute atomic E-state index is 3.50. The first-order chi connectivity index (χ1) is 8.37. The van der Waals surface area contributed by atoms with E-state index in [4.69, 9.17) is 0 Å². The van der Waals surface area contributed by atoms with Crippen molar-refractivity contribution in [3.8, 4) is 0 Å². The fourth-order valence-electron chi connectivity index (χ4n) is 1.38. The Kier molecular flexibility index (Phi) is 5.97. The Bertz CT molecular complexity index is 381. The topological polar surface area (TPSA) is 12.0 Å². The van der Waals surface area contributed by atoms with Gasteiger partial charge in [-0.2, -0.15) is 0 Å². The Balaban J connectivity index is 2.45. The summed E-state index contributed by atoms with van der Waals surface area (Å²) in [6, 6.07) is 8.85. The maximum atomic E-state index is 3.50. The van der Waals surface area contributed by atoms with Crippen LogP contribution in [-0.4, -0.2) is 11.3 Å². The molecule has 0 bridgehead atoms. The van der Waals surface area contributed by atoms with Crippen molar-refractivity contribution in [3.05, 3.63) is 41.5 Å². The summed E-state index contributed by atoms with van der Waals surface area (Å²) >= 11 is 1.88. The van der Waals surface area contributed by atoms with Crippen molar-refractivity contribution in [1.82, 2.24) is 5.32 Å². The first-order valence-corrected chi connectivity index (χ1v) is 7.45. The van der Waals surface area contributed by atoms with Crippen molar-refractivity contribution in [2.24, 2.45) is 0 Å². The van der Waals surface area contributed by atoms with E-state index in [0.717, 1.165) is 12.3 Å². The third kappa shape index (κ3) is 6.87. The average molecular weight is 263 g/mol. The van der Waals surface area contributed by atoms with Crippen molar-refractivity contribution in [2.75, 3.05) is 5.75 Å². The number of hydrogen-bond donors (Lipinski definition) is 1. The predicted octanol–water partition coefficient (Wildman–Crippen LogP) is 4.63. The zero-order valence-corrected chi connectivity index (χ0v) is 13.0. The summed E-state index contributed by atoms with van der Waals surface area (Å²) in [6.45, 7) is 11.8. The smallest absolute Gasteiger partial charge is 0.0210 e. The van der Waals surface area contributed by atoms with Gasteiger partial charge in [-0.3, -0.25) is 0 Å². The Labute approximate surface area is 116 Å². The van der Waals surface area contributed by atoms with E-state index >= 15 is 0 Å². The highest BCUT2D eigenvalue weighted by molar-refractivity contribution is 7.99. The molecule has 0 radical (unpaired) electrons. The van der Waals surface area contributed by atoms with Crippen LogP contribution >= 0.6 is 11.8 Å². The molecule has 1 nitrogen and oxygen atoms in total. The Morgan fingerprint density at radius 3 is 2.28 bits per heavy atom. The molecule has 1 N–H and O–H groups in total. The van der Waals surface area contributed by atoms with E-state index in [2.05, 4.69) is 70.3 Å². The second-order valence-electron chi connectivity index (χ2n) is 5.84. The van der Waals surface area contributed by atoms with E-state index in [1.54, 1.807) is 0 Å². The monoisotopic (exact) mass is 263 g/mol. The molecular formula is C16H25NS. The highest BCUT2D eigenvalue weighted by Gasteiger charge is 2.07. The molecule has 0 aliphatic carbocycles. The zero-order chi connectivity index (χ0) is 13.6. The minimum atomic E-state index is 0.177. The van der Waals surface area contributed by atoms with Gasteiger partial charge in [-0.15, -0.1) is 11.8 Å². The van der Waals surface area contributed by atoms with Gasteiger partial charge in [0.1, 0.15) is 0 Å². The van der Waals surface area contributed by atoms with E-state index < -0.39 is 0 Å². The van der Waals surface area contributed by atoms with E-state index in [0.29, 0.717) is 0 Å². The summed E-state index contributed by atoms with van der Waals surface area (Å²) in [5.74, 6) is 1.06. The fraction of sp³-hybridized carbons (Fsp3) is 0.500. The number of benzene rings is 1. The summed E-state index contributed by atoms with van der Waals surface area (Å²) in [4.78, 5) is 1.34. The second kappa shape index (κ2) is 7.01. The highest BCUT2D eigenvalue weighted by atomic mass is 32.2. The van der Waals surface area contributed by atoms with E-state index in [1.807, 2.05) is 11.8 Å². The Morgan fingerprint density at radius 1 is 1.17 bits per heavy atom. The molecule has 0 unspecified atom stereocenters. The third-order valence-electron chi connectivity index (χ3n) is 2.49. The molecule has 0 aromatic heterocycles. The van der Waals surface area contributed by atoms with Crippen molar-refractivity contribution in [1.29, 1.82) is 0 Å². The third-order valence-corrected chi connectivity index (χ3v) is 3.43. The lowest BCUT2D eigenvalue weighted by molar-refractivity contribution is 0.424. The lowest BCUT2D eigenvalue weighted by atomic mass is 10.1. The van der Waals surface area contributed by atoms with Crippen LogP contribution in [0.2, 0.25) is 0 Å². The molecular weight excluding hydrogens is 238 g/mol. The number of rotatable bonds is 5. The van der Waals surface area contributed by atoms with Crippen LogP contribution in [0, 0.1) is 0 Å². The van der Waals surface area contributed by atoms with Gasteiger partial charge in [0.15, 0.2) is 0 Å². The summed E-state index contributed by atoms with van der Waals surface area (Å²) in [5, 5.41) is 3.50. The quantitative estimate of drug-likeness (QED) is 0.614. The molecule has 2 heteroatoms. The molecule has 1 rings (SSSR count). The Morgan fingerprint density at radius 2 is 1.78 bits per heavy atom. The SMILES string of the molecule is CC(C)=CCSc1ccc(CNC(C)(C)C)cc1. The molecule has 0 aliphatic heterocycles. The normalized spacial score (nSPS) is 11.4. The molecule has 0 aliphatic rings. The minimum Gasteiger partial charge on any atom is -0.308 e. The average Bonchev–Trinajstić information content (AvgIpc) is 2.26. The highest BCUT2D eigenvalue weighted by Crippen LogP contribution is 2.19. The van der Waals surface area contributed by atoms with E-state index in [1.165, 1.54) is 16.0 Å². The molecule has 0 heterocycles. The number of thioether (sulfide) groups is 1. The lowest BCUT2D eigenvalue weighted by Gasteiger charge is -2.20. The number of hydrogen-bond acceptors (Lipinski definition) is 2. The molecule has 0 saturated heterocycles. The van der Waals surface area contributed by atoms with Crippen LogP contribution in [-0.2, 0) is 6.54 Å². The summed E-state index contributed by atoms with van der Waals surface area (Å²) in [5.41, 5.74) is 2.90. The van der Waals surface area contributed by atoms with E-state index in [9.17, 15) is 0 Å². The molecule has 0 amide bonds. The fourth-order valence-corrected chi connectivity index (χ4v) is 2.31. The molecule has 1 aromatic rings. The standard InChI is InChI=1S/C16H25NS/c1-13(2)10-11-18-15-8-6-14(7-9-15)12-17-16(3,4)5/h6-10,17H,11-12H2,1-5H3. The van der Waals surface area contributed by atoms with Gasteiger partial charge in [-0.1, -0.05) is 23.8 Å². The molecule has 1 aromatic carbocycles. The van der Waals surface area contributed by atoms with E-state index in [-0.39, 0.29) is 5.54 Å². The van der Waals surface area contributed by atoms with Crippen LogP contribution in [0.1, 0.15) is 40.2 Å². The van der Waals surface area contributed by atoms with Gasteiger partial charge < -0.3 is 5.32 Å². The van der Waals surface area contributed by atoms with Crippen LogP contribution < -0.4 is 5.32 Å². The van der Waals surface area contributed by atoms with Crippen molar-refractivity contribution in [2.45, 2.75) is 51.6 Å². The summed E-state index contributed by atoms with van der Waals surface area (Å²) < 4.78 is 0. The maximum Gasteiger partial charge on any atom is 0.0210 e. The van der Waals surface area contributed by atoms with Crippen LogP contribution in [0.4, 0.5) is 0 Å². The molecule has 0 spiro atoms. The Hall–Kier alpha value is -0.730. The first kappa shape index (κ1) is 15.3. The van der Waals surface area contributed by atoms with Crippen molar-refractivity contribution in [3.63, 3.8) is 0 Å². The molecule has 0 atom stereocenters. The van der Waals surface area contributed by atoms with Gasteiger partial charge in [-0.05, 0) is 52.3 Å². The van der Waals surface area contributed by atoms with Gasteiger partial charge in [0.05, 0.1) is 0 Å². The van der Waals surface area contributed by atoms with Gasteiger partial charge in [-0.25, -0.2) is 0 Å². The lowest BCUT2D eigenvalue weighted by Crippen LogP contribution is -2.35. The van der Waals surface area contributed by atoms with Crippen LogP contribution in [0.25, 0.3) is 0 Å². The number of allylic oxidation sites excluding steroid dienone is 1.